The van der Waals surface area contributed by atoms with Gasteiger partial charge in [0.05, 0.1) is 23.9 Å². The third kappa shape index (κ3) is 4.68. The number of ether oxygens (including phenoxy) is 2. The topological polar surface area (TPSA) is 50.8 Å². The third-order valence-electron chi connectivity index (χ3n) is 4.29. The lowest BCUT2D eigenvalue weighted by molar-refractivity contribution is -0.118. The fraction of sp³-hybridized carbons (Fsp3) is 0.350. The molecular formula is C20H23ClN2O3. The molecule has 0 atom stereocenters. The van der Waals surface area contributed by atoms with Gasteiger partial charge in [-0.3, -0.25) is 4.79 Å². The minimum Gasteiger partial charge on any atom is -0.483 e. The van der Waals surface area contributed by atoms with E-state index in [1.54, 1.807) is 6.07 Å². The van der Waals surface area contributed by atoms with Crippen molar-refractivity contribution in [2.24, 2.45) is 0 Å². The highest BCUT2D eigenvalue weighted by molar-refractivity contribution is 6.33. The molecule has 6 heteroatoms. The molecule has 1 N–H and O–H groups in total. The first-order valence-corrected chi connectivity index (χ1v) is 9.03. The van der Waals surface area contributed by atoms with Crippen LogP contribution in [0, 0.1) is 13.8 Å². The Kier molecular flexibility index (Phi) is 6.01. The van der Waals surface area contributed by atoms with Crippen LogP contribution in [0.4, 0.5) is 11.4 Å². The molecule has 0 radical (unpaired) electrons. The minimum atomic E-state index is -0.221. The number of carbonyl (C=O) groups is 1. The summed E-state index contributed by atoms with van der Waals surface area (Å²) in [6.07, 6.45) is 0. The molecule has 0 aliphatic carbocycles. The van der Waals surface area contributed by atoms with Gasteiger partial charge in [-0.2, -0.15) is 0 Å². The molecule has 0 spiro atoms. The maximum Gasteiger partial charge on any atom is 0.262 e. The minimum absolute atomic E-state index is 0.0485. The predicted molar refractivity (Wildman–Crippen MR) is 105 cm³/mol. The third-order valence-corrected chi connectivity index (χ3v) is 4.59. The average molecular weight is 375 g/mol. The highest BCUT2D eigenvalue weighted by Crippen LogP contribution is 2.29. The van der Waals surface area contributed by atoms with E-state index in [1.165, 1.54) is 0 Å². The van der Waals surface area contributed by atoms with Gasteiger partial charge in [-0.1, -0.05) is 23.7 Å². The Hall–Kier alpha value is -2.24. The van der Waals surface area contributed by atoms with Crippen LogP contribution in [0.1, 0.15) is 11.1 Å². The van der Waals surface area contributed by atoms with Crippen LogP contribution in [-0.4, -0.2) is 38.8 Å². The van der Waals surface area contributed by atoms with Crippen molar-refractivity contribution in [3.63, 3.8) is 0 Å². The van der Waals surface area contributed by atoms with Crippen molar-refractivity contribution >= 4 is 28.9 Å². The average Bonchev–Trinajstić information content (AvgIpc) is 2.63. The molecule has 26 heavy (non-hydrogen) atoms. The van der Waals surface area contributed by atoms with Crippen molar-refractivity contribution < 1.29 is 14.3 Å². The monoisotopic (exact) mass is 374 g/mol. The van der Waals surface area contributed by atoms with Crippen LogP contribution in [-0.2, 0) is 9.53 Å². The number of hydrogen-bond donors (Lipinski definition) is 1. The van der Waals surface area contributed by atoms with Crippen molar-refractivity contribution in [1.29, 1.82) is 0 Å². The summed E-state index contributed by atoms with van der Waals surface area (Å²) in [5, 5.41) is 3.44. The van der Waals surface area contributed by atoms with Crippen LogP contribution in [0.2, 0.25) is 5.02 Å². The molecular weight excluding hydrogens is 352 g/mol. The quantitative estimate of drug-likeness (QED) is 0.864. The Morgan fingerprint density at radius 1 is 1.19 bits per heavy atom. The van der Waals surface area contributed by atoms with Gasteiger partial charge in [0.25, 0.3) is 5.91 Å². The first kappa shape index (κ1) is 18.5. The van der Waals surface area contributed by atoms with Gasteiger partial charge in [0.1, 0.15) is 5.75 Å². The number of rotatable bonds is 5. The number of morpholine rings is 1. The molecule has 1 saturated heterocycles. The fourth-order valence-corrected chi connectivity index (χ4v) is 3.15. The maximum absolute atomic E-state index is 12.2. The molecule has 2 aromatic carbocycles. The fourth-order valence-electron chi connectivity index (χ4n) is 2.85. The van der Waals surface area contributed by atoms with Crippen molar-refractivity contribution in [3.8, 4) is 5.75 Å². The Balaban J connectivity index is 1.58. The Morgan fingerprint density at radius 2 is 1.96 bits per heavy atom. The van der Waals surface area contributed by atoms with E-state index in [1.807, 2.05) is 44.2 Å². The zero-order valence-corrected chi connectivity index (χ0v) is 15.8. The van der Waals surface area contributed by atoms with E-state index in [2.05, 4.69) is 10.2 Å². The van der Waals surface area contributed by atoms with E-state index < -0.39 is 0 Å². The normalized spacial score (nSPS) is 14.2. The van der Waals surface area contributed by atoms with E-state index in [0.717, 1.165) is 35.7 Å². The summed E-state index contributed by atoms with van der Waals surface area (Å²) in [6.45, 7) is 6.92. The summed E-state index contributed by atoms with van der Waals surface area (Å²) < 4.78 is 11.0. The largest absolute Gasteiger partial charge is 0.483 e. The van der Waals surface area contributed by atoms with E-state index in [4.69, 9.17) is 21.1 Å². The second-order valence-electron chi connectivity index (χ2n) is 6.37. The number of benzene rings is 2. The van der Waals surface area contributed by atoms with Gasteiger partial charge >= 0.3 is 0 Å². The molecule has 3 rings (SSSR count). The second-order valence-corrected chi connectivity index (χ2v) is 6.78. The van der Waals surface area contributed by atoms with Crippen molar-refractivity contribution in [3.05, 3.63) is 52.5 Å². The Labute approximate surface area is 158 Å². The highest BCUT2D eigenvalue weighted by Gasteiger charge is 2.15. The molecule has 1 amide bonds. The van der Waals surface area contributed by atoms with Gasteiger partial charge in [0.15, 0.2) is 6.61 Å². The van der Waals surface area contributed by atoms with Crippen LogP contribution >= 0.6 is 11.6 Å². The van der Waals surface area contributed by atoms with E-state index >= 15 is 0 Å². The van der Waals surface area contributed by atoms with Crippen LogP contribution in [0.5, 0.6) is 5.75 Å². The molecule has 1 fully saturated rings. The van der Waals surface area contributed by atoms with Gasteiger partial charge in [-0.25, -0.2) is 0 Å². The molecule has 1 heterocycles. The van der Waals surface area contributed by atoms with Crippen molar-refractivity contribution in [2.75, 3.05) is 43.1 Å². The maximum atomic E-state index is 12.2. The number of aryl methyl sites for hydroxylation is 2. The molecule has 1 aliphatic heterocycles. The molecule has 2 aromatic rings. The van der Waals surface area contributed by atoms with Gasteiger partial charge in [0.2, 0.25) is 0 Å². The van der Waals surface area contributed by atoms with Crippen molar-refractivity contribution in [1.82, 2.24) is 0 Å². The lowest BCUT2D eigenvalue weighted by Crippen LogP contribution is -2.36. The van der Waals surface area contributed by atoms with E-state index in [-0.39, 0.29) is 12.5 Å². The molecule has 5 nitrogen and oxygen atoms in total. The van der Waals surface area contributed by atoms with Gasteiger partial charge in [-0.05, 0) is 49.2 Å². The van der Waals surface area contributed by atoms with E-state index in [9.17, 15) is 4.79 Å². The summed E-state index contributed by atoms with van der Waals surface area (Å²) in [7, 11) is 0. The summed E-state index contributed by atoms with van der Waals surface area (Å²) >= 11 is 6.39. The first-order chi connectivity index (χ1) is 12.5. The molecule has 1 aliphatic rings. The summed E-state index contributed by atoms with van der Waals surface area (Å²) in [5.41, 5.74) is 3.71. The number of nitrogens with zero attached hydrogens (tertiary/aromatic N) is 1. The van der Waals surface area contributed by atoms with Gasteiger partial charge in [-0.15, -0.1) is 0 Å². The predicted octanol–water partition coefficient (Wildman–Crippen LogP) is 3.81. The number of halogens is 1. The first-order valence-electron chi connectivity index (χ1n) is 8.65. The van der Waals surface area contributed by atoms with Crippen LogP contribution in [0.25, 0.3) is 0 Å². The summed E-state index contributed by atoms with van der Waals surface area (Å²) in [6, 6.07) is 11.5. The molecule has 0 unspecified atom stereocenters. The lowest BCUT2D eigenvalue weighted by atomic mass is 10.1. The Bertz CT molecular complexity index is 789. The molecule has 0 bridgehead atoms. The van der Waals surface area contributed by atoms with E-state index in [0.29, 0.717) is 23.9 Å². The SMILES string of the molecule is Cc1ccc(C)c(OCC(=O)Nc2ccc(N3CCOCC3)c(Cl)c2)c1. The zero-order chi connectivity index (χ0) is 18.5. The Morgan fingerprint density at radius 3 is 2.69 bits per heavy atom. The lowest BCUT2D eigenvalue weighted by Gasteiger charge is -2.29. The number of anilines is 2. The molecule has 138 valence electrons. The zero-order valence-electron chi connectivity index (χ0n) is 15.0. The smallest absolute Gasteiger partial charge is 0.262 e. The van der Waals surface area contributed by atoms with Crippen LogP contribution in [0.3, 0.4) is 0 Å². The van der Waals surface area contributed by atoms with Crippen LogP contribution in [0.15, 0.2) is 36.4 Å². The summed E-state index contributed by atoms with van der Waals surface area (Å²) in [5.74, 6) is 0.502. The number of carbonyl (C=O) groups excluding carboxylic acids is 1. The standard InChI is InChI=1S/C20H23ClN2O3/c1-14-3-4-15(2)19(11-14)26-13-20(24)22-16-5-6-18(17(21)12-16)23-7-9-25-10-8-23/h3-6,11-12H,7-10,13H2,1-2H3,(H,22,24). The number of hydrogen-bond acceptors (Lipinski definition) is 4. The molecule has 0 aromatic heterocycles. The van der Waals surface area contributed by atoms with Crippen molar-refractivity contribution in [2.45, 2.75) is 13.8 Å². The highest BCUT2D eigenvalue weighted by atomic mass is 35.5. The molecule has 0 saturated carbocycles. The number of amides is 1. The number of nitrogens with one attached hydrogen (secondary N) is 1. The van der Waals surface area contributed by atoms with Gasteiger partial charge in [0, 0.05) is 18.8 Å². The summed E-state index contributed by atoms with van der Waals surface area (Å²) in [4.78, 5) is 14.4. The second kappa shape index (κ2) is 8.43. The van der Waals surface area contributed by atoms with Crippen LogP contribution < -0.4 is 15.0 Å². The van der Waals surface area contributed by atoms with Gasteiger partial charge < -0.3 is 19.7 Å².